The predicted octanol–water partition coefficient (Wildman–Crippen LogP) is 3.70. The molecule has 2 aromatic heterocycles. The van der Waals surface area contributed by atoms with Crippen LogP contribution in [0.15, 0.2) is 94.1 Å². The van der Waals surface area contributed by atoms with Gasteiger partial charge in [-0.1, -0.05) is 30.3 Å². The molecule has 2 aromatic carbocycles. The number of furan rings is 1. The van der Waals surface area contributed by atoms with Crippen LogP contribution in [0.25, 0.3) is 23.0 Å². The SMILES string of the molecule is CC(=O)O.CN(C)S(=O)(=O)c1cccc(-c2nn(-c3ccccc3)cc2/C=C(\C#N)C(=O)NCc2ccco2)c1. The van der Waals surface area contributed by atoms with Gasteiger partial charge in [-0.05, 0) is 42.5 Å². The van der Waals surface area contributed by atoms with Crippen molar-refractivity contribution < 1.29 is 27.5 Å². The van der Waals surface area contributed by atoms with Crippen LogP contribution in [0.5, 0.6) is 0 Å². The first-order valence-corrected chi connectivity index (χ1v) is 13.3. The Labute approximate surface area is 231 Å². The summed E-state index contributed by atoms with van der Waals surface area (Å²) in [5.74, 6) is -0.853. The number of aromatic nitrogens is 2. The second kappa shape index (κ2) is 13.2. The minimum Gasteiger partial charge on any atom is -0.481 e. The first-order valence-electron chi connectivity index (χ1n) is 11.8. The number of carboxylic acid groups (broad SMARTS) is 1. The van der Waals surface area contributed by atoms with E-state index in [1.807, 2.05) is 36.4 Å². The number of amides is 1. The summed E-state index contributed by atoms with van der Waals surface area (Å²) in [7, 11) is -0.759. The molecule has 1 amide bonds. The topological polar surface area (TPSA) is 159 Å². The summed E-state index contributed by atoms with van der Waals surface area (Å²) in [5, 5.41) is 24.4. The van der Waals surface area contributed by atoms with Gasteiger partial charge in [0.1, 0.15) is 23.1 Å². The molecule has 0 bridgehead atoms. The third-order valence-electron chi connectivity index (χ3n) is 5.32. The molecule has 0 atom stereocenters. The van der Waals surface area contributed by atoms with E-state index in [4.69, 9.17) is 14.3 Å². The zero-order valence-electron chi connectivity index (χ0n) is 22.0. The monoisotopic (exact) mass is 561 g/mol. The fourth-order valence-corrected chi connectivity index (χ4v) is 4.37. The lowest BCUT2D eigenvalue weighted by Crippen LogP contribution is -2.23. The van der Waals surface area contributed by atoms with E-state index in [1.165, 1.54) is 38.6 Å². The number of aliphatic carboxylic acids is 1. The number of para-hydroxylation sites is 1. The summed E-state index contributed by atoms with van der Waals surface area (Å²) in [6, 6.07) is 21.1. The maximum atomic E-state index is 12.7. The zero-order chi connectivity index (χ0) is 29.3. The first kappa shape index (κ1) is 29.6. The Balaban J connectivity index is 0.00000103. The van der Waals surface area contributed by atoms with Gasteiger partial charge in [-0.25, -0.2) is 17.4 Å². The van der Waals surface area contributed by atoms with Gasteiger partial charge < -0.3 is 14.8 Å². The van der Waals surface area contributed by atoms with Gasteiger partial charge >= 0.3 is 0 Å². The van der Waals surface area contributed by atoms with Crippen molar-refractivity contribution in [3.63, 3.8) is 0 Å². The number of hydrogen-bond acceptors (Lipinski definition) is 7. The quantitative estimate of drug-likeness (QED) is 0.243. The number of sulfonamides is 1. The van der Waals surface area contributed by atoms with Crippen LogP contribution in [0, 0.1) is 11.3 Å². The lowest BCUT2D eigenvalue weighted by molar-refractivity contribution is -0.134. The Morgan fingerprint density at radius 1 is 1.12 bits per heavy atom. The van der Waals surface area contributed by atoms with E-state index >= 15 is 0 Å². The molecule has 0 saturated heterocycles. The standard InChI is InChI=1S/C26H23N5O4S.C2H4O2/c1-30(2)36(33,34)24-12-6-8-19(15-24)25-21(18-31(29-25)22-9-4-3-5-10-22)14-20(16-27)26(32)28-17-23-11-7-13-35-23;1-2(3)4/h3-15,18H,17H2,1-2H3,(H,28,32);1H3,(H,3,4)/b20-14+;. The molecule has 0 aliphatic heterocycles. The molecule has 11 nitrogen and oxygen atoms in total. The molecule has 4 aromatic rings. The van der Waals surface area contributed by atoms with Gasteiger partial charge in [0.25, 0.3) is 11.9 Å². The van der Waals surface area contributed by atoms with Gasteiger partial charge in [0.15, 0.2) is 0 Å². The first-order chi connectivity index (χ1) is 19.0. The van der Waals surface area contributed by atoms with E-state index < -0.39 is 21.9 Å². The second-order valence-corrected chi connectivity index (χ2v) is 10.6. The fraction of sp³-hybridized carbons (Fsp3) is 0.143. The third kappa shape index (κ3) is 7.53. The normalized spacial score (nSPS) is 11.3. The average molecular weight is 562 g/mol. The number of carboxylic acids is 1. The summed E-state index contributed by atoms with van der Waals surface area (Å²) in [4.78, 5) is 21.8. The number of nitrogens with one attached hydrogen (secondary N) is 1. The lowest BCUT2D eigenvalue weighted by atomic mass is 10.1. The summed E-state index contributed by atoms with van der Waals surface area (Å²) >= 11 is 0. The highest BCUT2D eigenvalue weighted by Gasteiger charge is 2.20. The molecule has 0 fully saturated rings. The molecule has 4 rings (SSSR count). The van der Waals surface area contributed by atoms with E-state index in [2.05, 4.69) is 10.4 Å². The van der Waals surface area contributed by atoms with Crippen LogP contribution in [0.4, 0.5) is 0 Å². The summed E-state index contributed by atoms with van der Waals surface area (Å²) in [5.41, 5.74) is 2.04. The smallest absolute Gasteiger partial charge is 0.300 e. The predicted molar refractivity (Wildman–Crippen MR) is 147 cm³/mol. The molecule has 2 heterocycles. The van der Waals surface area contributed by atoms with Gasteiger partial charge in [-0.3, -0.25) is 9.59 Å². The highest BCUT2D eigenvalue weighted by atomic mass is 32.2. The number of hydrogen-bond donors (Lipinski definition) is 2. The van der Waals surface area contributed by atoms with Crippen molar-refractivity contribution in [1.82, 2.24) is 19.4 Å². The molecular weight excluding hydrogens is 534 g/mol. The van der Waals surface area contributed by atoms with Gasteiger partial charge in [0, 0.05) is 38.3 Å². The van der Waals surface area contributed by atoms with Gasteiger partial charge in [-0.15, -0.1) is 0 Å². The van der Waals surface area contributed by atoms with Crippen molar-refractivity contribution in [3.8, 4) is 23.0 Å². The third-order valence-corrected chi connectivity index (χ3v) is 7.13. The maximum absolute atomic E-state index is 12.7. The number of carbonyl (C=O) groups is 2. The van der Waals surface area contributed by atoms with E-state index in [9.17, 15) is 18.5 Å². The molecule has 0 aliphatic rings. The van der Waals surface area contributed by atoms with Crippen molar-refractivity contribution in [2.45, 2.75) is 18.4 Å². The molecule has 12 heteroatoms. The molecule has 206 valence electrons. The lowest BCUT2D eigenvalue weighted by Gasteiger charge is -2.12. The largest absolute Gasteiger partial charge is 0.481 e. The molecule has 0 unspecified atom stereocenters. The number of nitriles is 1. The van der Waals surface area contributed by atoms with Crippen LogP contribution in [-0.2, 0) is 26.2 Å². The molecule has 0 saturated carbocycles. The summed E-state index contributed by atoms with van der Waals surface area (Å²) in [6.07, 6.45) is 4.62. The molecule has 2 N–H and O–H groups in total. The fourth-order valence-electron chi connectivity index (χ4n) is 3.42. The Morgan fingerprint density at radius 2 is 1.82 bits per heavy atom. The minimum absolute atomic E-state index is 0.103. The molecule has 0 radical (unpaired) electrons. The van der Waals surface area contributed by atoms with Crippen molar-refractivity contribution in [2.24, 2.45) is 0 Å². The van der Waals surface area contributed by atoms with Crippen LogP contribution >= 0.6 is 0 Å². The van der Waals surface area contributed by atoms with E-state index in [0.717, 1.165) is 16.9 Å². The molecular formula is C28H27N5O6S. The van der Waals surface area contributed by atoms with Crippen LogP contribution in [0.1, 0.15) is 18.2 Å². The summed E-state index contributed by atoms with van der Waals surface area (Å²) < 4.78 is 33.4. The van der Waals surface area contributed by atoms with E-state index in [0.29, 0.717) is 22.6 Å². The highest BCUT2D eigenvalue weighted by Crippen LogP contribution is 2.28. The highest BCUT2D eigenvalue weighted by molar-refractivity contribution is 7.89. The Morgan fingerprint density at radius 3 is 2.42 bits per heavy atom. The zero-order valence-corrected chi connectivity index (χ0v) is 22.8. The number of benzene rings is 2. The van der Waals surface area contributed by atoms with Crippen molar-refractivity contribution in [3.05, 3.63) is 96.1 Å². The van der Waals surface area contributed by atoms with Crippen molar-refractivity contribution in [1.29, 1.82) is 5.26 Å². The van der Waals surface area contributed by atoms with Gasteiger partial charge in [-0.2, -0.15) is 10.4 Å². The molecule has 40 heavy (non-hydrogen) atoms. The second-order valence-electron chi connectivity index (χ2n) is 8.48. The van der Waals surface area contributed by atoms with Crippen LogP contribution in [0.2, 0.25) is 0 Å². The van der Waals surface area contributed by atoms with Crippen LogP contribution in [-0.4, -0.2) is 53.6 Å². The van der Waals surface area contributed by atoms with E-state index in [1.54, 1.807) is 35.1 Å². The Bertz CT molecular complexity index is 1650. The number of carbonyl (C=O) groups excluding carboxylic acids is 1. The Hall–Kier alpha value is -4.99. The van der Waals surface area contributed by atoms with Crippen molar-refractivity contribution in [2.75, 3.05) is 14.1 Å². The van der Waals surface area contributed by atoms with E-state index in [-0.39, 0.29) is 17.0 Å². The van der Waals surface area contributed by atoms with Gasteiger partial charge in [0.2, 0.25) is 10.0 Å². The molecule has 0 spiro atoms. The van der Waals surface area contributed by atoms with Gasteiger partial charge in [0.05, 0.1) is 23.4 Å². The minimum atomic E-state index is -3.68. The number of rotatable bonds is 8. The van der Waals surface area contributed by atoms with Crippen molar-refractivity contribution >= 4 is 28.0 Å². The van der Waals surface area contributed by atoms with Crippen LogP contribution < -0.4 is 5.32 Å². The maximum Gasteiger partial charge on any atom is 0.300 e. The Kier molecular flexibility index (Phi) is 9.75. The average Bonchev–Trinajstić information content (AvgIpc) is 3.61. The number of nitrogens with zero attached hydrogens (tertiary/aromatic N) is 4. The summed E-state index contributed by atoms with van der Waals surface area (Å²) in [6.45, 7) is 1.21. The van der Waals surface area contributed by atoms with Crippen LogP contribution in [0.3, 0.4) is 0 Å². The molecule has 0 aliphatic carbocycles.